The van der Waals surface area contributed by atoms with E-state index in [-0.39, 0.29) is 19.2 Å². The van der Waals surface area contributed by atoms with E-state index in [1.54, 1.807) is 10.8 Å². The maximum absolute atomic E-state index is 11.7. The van der Waals surface area contributed by atoms with Gasteiger partial charge in [0.05, 0.1) is 26.4 Å². The van der Waals surface area contributed by atoms with Crippen LogP contribution in [-0.2, 0) is 27.4 Å². The van der Waals surface area contributed by atoms with Crippen LogP contribution in [0.1, 0.15) is 17.4 Å². The SMILES string of the molecule is O=c1ccn2c(n1)OC1C2O[C@](CO)(COCc2ccccc2)[C@H]1OCc1ccccc1. The van der Waals surface area contributed by atoms with E-state index in [9.17, 15) is 9.90 Å². The molecule has 2 unspecified atom stereocenters. The molecular weight excluding hydrogens is 412 g/mol. The van der Waals surface area contributed by atoms with Crippen LogP contribution in [0.15, 0.2) is 77.7 Å². The van der Waals surface area contributed by atoms with Crippen molar-refractivity contribution in [3.63, 3.8) is 0 Å². The van der Waals surface area contributed by atoms with Crippen LogP contribution < -0.4 is 10.3 Å². The van der Waals surface area contributed by atoms with Crippen molar-refractivity contribution in [1.29, 1.82) is 0 Å². The van der Waals surface area contributed by atoms with Crippen molar-refractivity contribution in [3.05, 3.63) is 94.4 Å². The highest BCUT2D eigenvalue weighted by molar-refractivity contribution is 5.17. The van der Waals surface area contributed by atoms with Crippen LogP contribution in [0.3, 0.4) is 0 Å². The number of aromatic nitrogens is 2. The Balaban J connectivity index is 1.39. The largest absolute Gasteiger partial charge is 0.453 e. The zero-order valence-electron chi connectivity index (χ0n) is 17.4. The maximum Gasteiger partial charge on any atom is 0.302 e. The van der Waals surface area contributed by atoms with Crippen LogP contribution in [0.4, 0.5) is 0 Å². The summed E-state index contributed by atoms with van der Waals surface area (Å²) < 4.78 is 26.2. The van der Waals surface area contributed by atoms with Gasteiger partial charge in [-0.1, -0.05) is 60.7 Å². The lowest BCUT2D eigenvalue weighted by atomic mass is 9.96. The van der Waals surface area contributed by atoms with Gasteiger partial charge in [-0.3, -0.25) is 9.36 Å². The van der Waals surface area contributed by atoms with Crippen molar-refractivity contribution in [2.75, 3.05) is 13.2 Å². The summed E-state index contributed by atoms with van der Waals surface area (Å²) in [6.07, 6.45) is -0.237. The number of benzene rings is 2. The molecule has 32 heavy (non-hydrogen) atoms. The lowest BCUT2D eigenvalue weighted by Gasteiger charge is -2.33. The van der Waals surface area contributed by atoms with E-state index in [2.05, 4.69) is 4.98 Å². The number of fused-ring (bicyclic) bond motifs is 3. The first-order valence-corrected chi connectivity index (χ1v) is 10.5. The quantitative estimate of drug-likeness (QED) is 0.578. The van der Waals surface area contributed by atoms with Crippen LogP contribution in [0, 0.1) is 0 Å². The van der Waals surface area contributed by atoms with Crippen molar-refractivity contribution >= 4 is 0 Å². The molecule has 0 aliphatic carbocycles. The third kappa shape index (κ3) is 3.93. The fraction of sp³-hybridized carbons (Fsp3) is 0.333. The van der Waals surface area contributed by atoms with E-state index in [0.29, 0.717) is 13.2 Å². The molecule has 0 bridgehead atoms. The molecule has 2 aromatic carbocycles. The molecule has 3 aromatic rings. The Morgan fingerprint density at radius 2 is 1.69 bits per heavy atom. The maximum atomic E-state index is 11.7. The molecule has 0 radical (unpaired) electrons. The topological polar surface area (TPSA) is 92.0 Å². The second kappa shape index (κ2) is 8.84. The molecule has 1 saturated heterocycles. The molecular formula is C24H24N2O6. The van der Waals surface area contributed by atoms with E-state index in [4.69, 9.17) is 18.9 Å². The van der Waals surface area contributed by atoms with Gasteiger partial charge in [-0.05, 0) is 11.1 Å². The van der Waals surface area contributed by atoms with Gasteiger partial charge in [-0.2, -0.15) is 4.98 Å². The second-order valence-electron chi connectivity index (χ2n) is 7.96. The van der Waals surface area contributed by atoms with Crippen LogP contribution in [-0.4, -0.2) is 45.7 Å². The Bertz CT molecular complexity index is 1110. The summed E-state index contributed by atoms with van der Waals surface area (Å²) in [4.78, 5) is 15.6. The number of ether oxygens (including phenoxy) is 4. The van der Waals surface area contributed by atoms with Crippen molar-refractivity contribution < 1.29 is 24.1 Å². The summed E-state index contributed by atoms with van der Waals surface area (Å²) in [5.41, 5.74) is 0.470. The zero-order chi connectivity index (χ0) is 22.0. The summed E-state index contributed by atoms with van der Waals surface area (Å²) in [6, 6.07) is 21.0. The van der Waals surface area contributed by atoms with Gasteiger partial charge in [0.25, 0.3) is 5.56 Å². The van der Waals surface area contributed by atoms with E-state index in [1.165, 1.54) is 6.07 Å². The minimum Gasteiger partial charge on any atom is -0.453 e. The molecule has 8 nitrogen and oxygen atoms in total. The van der Waals surface area contributed by atoms with Gasteiger partial charge in [0.2, 0.25) is 0 Å². The van der Waals surface area contributed by atoms with Gasteiger partial charge < -0.3 is 24.1 Å². The Morgan fingerprint density at radius 1 is 1.00 bits per heavy atom. The summed E-state index contributed by atoms with van der Waals surface area (Å²) >= 11 is 0. The van der Waals surface area contributed by atoms with Crippen LogP contribution >= 0.6 is 0 Å². The Labute approximate surface area is 185 Å². The third-order valence-corrected chi connectivity index (χ3v) is 5.77. The molecule has 4 atom stereocenters. The average molecular weight is 436 g/mol. The normalized spacial score (nSPS) is 25.8. The van der Waals surface area contributed by atoms with Crippen molar-refractivity contribution in [1.82, 2.24) is 9.55 Å². The van der Waals surface area contributed by atoms with Gasteiger partial charge in [-0.15, -0.1) is 0 Å². The Hall–Kier alpha value is -3.04. The van der Waals surface area contributed by atoms with Gasteiger partial charge in [0.1, 0.15) is 11.7 Å². The molecule has 1 N–H and O–H groups in total. The van der Waals surface area contributed by atoms with Crippen molar-refractivity contribution in [2.24, 2.45) is 0 Å². The number of rotatable bonds is 8. The first-order valence-electron chi connectivity index (χ1n) is 10.5. The number of hydrogen-bond acceptors (Lipinski definition) is 7. The molecule has 3 heterocycles. The van der Waals surface area contributed by atoms with Crippen LogP contribution in [0.25, 0.3) is 0 Å². The third-order valence-electron chi connectivity index (χ3n) is 5.77. The van der Waals surface area contributed by atoms with Crippen LogP contribution in [0.5, 0.6) is 6.01 Å². The molecule has 0 amide bonds. The molecule has 1 aromatic heterocycles. The number of aliphatic hydroxyl groups is 1. The average Bonchev–Trinajstić information content (AvgIpc) is 3.31. The second-order valence-corrected chi connectivity index (χ2v) is 7.96. The summed E-state index contributed by atoms with van der Waals surface area (Å²) in [5, 5.41) is 10.4. The summed E-state index contributed by atoms with van der Waals surface area (Å²) in [7, 11) is 0. The molecule has 5 rings (SSSR count). The molecule has 166 valence electrons. The minimum atomic E-state index is -1.14. The Morgan fingerprint density at radius 3 is 2.38 bits per heavy atom. The molecule has 0 spiro atoms. The molecule has 2 aliphatic heterocycles. The lowest BCUT2D eigenvalue weighted by molar-refractivity contribution is -0.177. The first kappa shape index (κ1) is 20.8. The highest BCUT2D eigenvalue weighted by Gasteiger charge is 2.61. The fourth-order valence-electron chi connectivity index (χ4n) is 4.17. The Kier molecular flexibility index (Phi) is 5.75. The number of hydrogen-bond donors (Lipinski definition) is 1. The highest BCUT2D eigenvalue weighted by Crippen LogP contribution is 2.45. The lowest BCUT2D eigenvalue weighted by Crippen LogP contribution is -2.52. The monoisotopic (exact) mass is 436 g/mol. The summed E-state index contributed by atoms with van der Waals surface area (Å²) in [5.74, 6) is 0. The molecule has 0 saturated carbocycles. The van der Waals surface area contributed by atoms with Crippen molar-refractivity contribution in [3.8, 4) is 6.01 Å². The number of aliphatic hydroxyl groups excluding tert-OH is 1. The van der Waals surface area contributed by atoms with Crippen molar-refractivity contribution in [2.45, 2.75) is 37.3 Å². The predicted octanol–water partition coefficient (Wildman–Crippen LogP) is 2.07. The molecule has 8 heteroatoms. The van der Waals surface area contributed by atoms with Gasteiger partial charge >= 0.3 is 6.01 Å². The van der Waals surface area contributed by atoms with E-state index < -0.39 is 29.6 Å². The fourth-order valence-corrected chi connectivity index (χ4v) is 4.17. The molecule has 1 fully saturated rings. The van der Waals surface area contributed by atoms with Crippen LogP contribution in [0.2, 0.25) is 0 Å². The zero-order valence-corrected chi connectivity index (χ0v) is 17.4. The number of nitrogens with zero attached hydrogens (tertiary/aromatic N) is 2. The van der Waals surface area contributed by atoms with E-state index >= 15 is 0 Å². The van der Waals surface area contributed by atoms with E-state index in [1.807, 2.05) is 60.7 Å². The van der Waals surface area contributed by atoms with E-state index in [0.717, 1.165) is 11.1 Å². The standard InChI is InChI=1S/C24H24N2O6/c27-15-24(16-29-13-17-7-3-1-4-8-17)21(30-14-18-9-5-2-6-10-18)20-22(32-24)26-12-11-19(28)25-23(26)31-20/h1-12,20-22,27H,13-16H2/t20?,21-,22?,24+/m0/s1. The van der Waals surface area contributed by atoms with Gasteiger partial charge in [0, 0.05) is 12.3 Å². The highest BCUT2D eigenvalue weighted by atomic mass is 16.7. The van der Waals surface area contributed by atoms with Gasteiger partial charge in [0.15, 0.2) is 12.3 Å². The molecule has 2 aliphatic rings. The smallest absolute Gasteiger partial charge is 0.302 e. The van der Waals surface area contributed by atoms with Gasteiger partial charge in [-0.25, -0.2) is 0 Å². The minimum absolute atomic E-state index is 0.108. The predicted molar refractivity (Wildman–Crippen MR) is 114 cm³/mol. The summed E-state index contributed by atoms with van der Waals surface area (Å²) in [6.45, 7) is 0.471. The first-order chi connectivity index (χ1) is 15.7.